The molecular formula is C18H30N3O2+. The summed E-state index contributed by atoms with van der Waals surface area (Å²) in [5.74, 6) is -0.0223. The Morgan fingerprint density at radius 1 is 1.13 bits per heavy atom. The van der Waals surface area contributed by atoms with E-state index in [0.29, 0.717) is 0 Å². The maximum Gasteiger partial charge on any atom is 0.282 e. The van der Waals surface area contributed by atoms with E-state index >= 15 is 0 Å². The Labute approximate surface area is 139 Å². The molecule has 2 amide bonds. The van der Waals surface area contributed by atoms with Crippen molar-refractivity contribution in [3.63, 3.8) is 0 Å². The van der Waals surface area contributed by atoms with E-state index in [9.17, 15) is 9.59 Å². The average molecular weight is 320 g/mol. The van der Waals surface area contributed by atoms with Gasteiger partial charge in [-0.25, -0.2) is 0 Å². The number of nitrogens with one attached hydrogen (secondary N) is 2. The predicted octanol–water partition coefficient (Wildman–Crippen LogP) is 0.857. The number of anilines is 1. The fraction of sp³-hybridized carbons (Fsp3) is 0.556. The smallest absolute Gasteiger partial charge is 0.282 e. The molecule has 128 valence electrons. The molecule has 0 saturated carbocycles. The third-order valence-corrected chi connectivity index (χ3v) is 3.25. The van der Waals surface area contributed by atoms with Gasteiger partial charge in [-0.15, -0.1) is 0 Å². The van der Waals surface area contributed by atoms with Crippen molar-refractivity contribution < 1.29 is 14.5 Å². The minimum absolute atomic E-state index is 0.0206. The summed E-state index contributed by atoms with van der Waals surface area (Å²) < 4.78 is 0. The highest BCUT2D eigenvalue weighted by Gasteiger charge is 2.24. The van der Waals surface area contributed by atoms with Crippen molar-refractivity contribution in [2.75, 3.05) is 25.0 Å². The third-order valence-electron chi connectivity index (χ3n) is 3.25. The van der Waals surface area contributed by atoms with Crippen LogP contribution in [0.5, 0.6) is 0 Å². The van der Waals surface area contributed by atoms with Crippen LogP contribution >= 0.6 is 0 Å². The number of nitrogens with zero attached hydrogens (tertiary/aromatic N) is 1. The minimum Gasteiger partial charge on any atom is -0.347 e. The molecule has 1 rings (SSSR count). The summed E-state index contributed by atoms with van der Waals surface area (Å²) in [5, 5.41) is 2.92. The maximum atomic E-state index is 12.6. The van der Waals surface area contributed by atoms with Crippen molar-refractivity contribution in [1.29, 1.82) is 0 Å². The Balaban J connectivity index is 2.67. The van der Waals surface area contributed by atoms with Crippen molar-refractivity contribution >= 4 is 17.5 Å². The zero-order valence-electron chi connectivity index (χ0n) is 15.1. The van der Waals surface area contributed by atoms with Crippen molar-refractivity contribution in [2.45, 2.75) is 46.2 Å². The summed E-state index contributed by atoms with van der Waals surface area (Å²) in [7, 11) is 1.86. The molecule has 2 N–H and O–H groups in total. The van der Waals surface area contributed by atoms with Gasteiger partial charge in [0.2, 0.25) is 0 Å². The molecule has 1 aromatic carbocycles. The molecular weight excluding hydrogens is 290 g/mol. The van der Waals surface area contributed by atoms with E-state index in [1.54, 1.807) is 4.90 Å². The third kappa shape index (κ3) is 6.82. The first-order chi connectivity index (χ1) is 10.6. The predicted molar refractivity (Wildman–Crippen MR) is 93.6 cm³/mol. The van der Waals surface area contributed by atoms with Gasteiger partial charge in [-0.2, -0.15) is 0 Å². The summed E-state index contributed by atoms with van der Waals surface area (Å²) in [6.45, 7) is 10.4. The van der Waals surface area contributed by atoms with Crippen LogP contribution in [0.4, 0.5) is 5.69 Å². The zero-order chi connectivity index (χ0) is 17.6. The van der Waals surface area contributed by atoms with Gasteiger partial charge in [0.25, 0.3) is 11.8 Å². The van der Waals surface area contributed by atoms with Crippen LogP contribution < -0.4 is 15.1 Å². The number of para-hydroxylation sites is 1. The lowest BCUT2D eigenvalue weighted by Crippen LogP contribution is -3.11. The van der Waals surface area contributed by atoms with Gasteiger partial charge in [0.05, 0.1) is 7.05 Å². The number of carbonyl (C=O) groups is 2. The monoisotopic (exact) mass is 320 g/mol. The molecule has 0 fully saturated rings. The lowest BCUT2D eigenvalue weighted by atomic mass is 10.1. The van der Waals surface area contributed by atoms with Crippen molar-refractivity contribution in [3.8, 4) is 0 Å². The number of hydrogen-bond acceptors (Lipinski definition) is 2. The summed E-state index contributed by atoms with van der Waals surface area (Å²) >= 11 is 0. The first kappa shape index (κ1) is 19.2. The number of carbonyl (C=O) groups excluding carboxylic acids is 2. The molecule has 0 aliphatic heterocycles. The highest BCUT2D eigenvalue weighted by Crippen LogP contribution is 2.16. The Morgan fingerprint density at radius 3 is 2.17 bits per heavy atom. The molecule has 5 nitrogen and oxygen atoms in total. The first-order valence-electron chi connectivity index (χ1n) is 8.09. The molecule has 23 heavy (non-hydrogen) atoms. The topological polar surface area (TPSA) is 53.9 Å². The second kappa shape index (κ2) is 8.11. The van der Waals surface area contributed by atoms with Gasteiger partial charge < -0.3 is 15.1 Å². The van der Waals surface area contributed by atoms with E-state index in [4.69, 9.17) is 0 Å². The molecule has 0 saturated heterocycles. The fourth-order valence-corrected chi connectivity index (χ4v) is 2.46. The van der Waals surface area contributed by atoms with Gasteiger partial charge in [-0.1, -0.05) is 18.2 Å². The summed E-state index contributed by atoms with van der Waals surface area (Å²) in [5.41, 5.74) is 0.634. The largest absolute Gasteiger partial charge is 0.347 e. The van der Waals surface area contributed by atoms with E-state index in [1.807, 2.05) is 72.0 Å². The molecule has 1 aromatic rings. The molecule has 5 heteroatoms. The van der Waals surface area contributed by atoms with Crippen LogP contribution in [0.25, 0.3) is 0 Å². The zero-order valence-corrected chi connectivity index (χ0v) is 15.1. The van der Waals surface area contributed by atoms with E-state index in [0.717, 1.165) is 10.6 Å². The quantitative estimate of drug-likeness (QED) is 0.817. The van der Waals surface area contributed by atoms with Crippen LogP contribution in [-0.4, -0.2) is 43.5 Å². The Morgan fingerprint density at radius 2 is 1.70 bits per heavy atom. The molecule has 0 spiro atoms. The van der Waals surface area contributed by atoms with Gasteiger partial charge >= 0.3 is 0 Å². The second-order valence-electron chi connectivity index (χ2n) is 7.30. The van der Waals surface area contributed by atoms with Crippen LogP contribution in [0.2, 0.25) is 0 Å². The van der Waals surface area contributed by atoms with Gasteiger partial charge in [-0.05, 0) is 46.8 Å². The Hall–Kier alpha value is -1.88. The molecule has 0 aliphatic rings. The maximum absolute atomic E-state index is 12.6. The average Bonchev–Trinajstić information content (AvgIpc) is 2.36. The van der Waals surface area contributed by atoms with Crippen LogP contribution in [0.1, 0.15) is 34.6 Å². The molecule has 1 unspecified atom stereocenters. The number of quaternary nitrogens is 1. The molecule has 0 aliphatic carbocycles. The van der Waals surface area contributed by atoms with Crippen molar-refractivity contribution in [3.05, 3.63) is 30.3 Å². The lowest BCUT2D eigenvalue weighted by Gasteiger charge is -2.28. The lowest BCUT2D eigenvalue weighted by molar-refractivity contribution is -0.862. The normalized spacial score (nSPS) is 12.8. The van der Waals surface area contributed by atoms with Gasteiger partial charge in [0.15, 0.2) is 13.1 Å². The summed E-state index contributed by atoms with van der Waals surface area (Å²) in [6, 6.07) is 9.71. The highest BCUT2D eigenvalue weighted by molar-refractivity contribution is 5.94. The van der Waals surface area contributed by atoms with Gasteiger partial charge in [-0.3, -0.25) is 9.59 Å². The standard InChI is InChI=1S/C18H29N3O2/c1-14(2)21(15-10-8-7-9-11-15)17(23)13-20(6)12-16(22)19-18(3,4)5/h7-11,14H,12-13H2,1-6H3,(H,19,22)/p+1. The molecule has 0 heterocycles. The Kier molecular flexibility index (Phi) is 6.76. The molecule has 1 atom stereocenters. The van der Waals surface area contributed by atoms with E-state index in [-0.39, 0.29) is 36.5 Å². The SMILES string of the molecule is CC(C)N(C(=O)C[NH+](C)CC(=O)NC(C)(C)C)c1ccccc1. The van der Waals surface area contributed by atoms with Gasteiger partial charge in [0, 0.05) is 17.3 Å². The highest BCUT2D eigenvalue weighted by atomic mass is 16.2. The summed E-state index contributed by atoms with van der Waals surface area (Å²) in [6.07, 6.45) is 0. The minimum atomic E-state index is -0.255. The Bertz CT molecular complexity index is 521. The van der Waals surface area contributed by atoms with Crippen molar-refractivity contribution in [2.24, 2.45) is 0 Å². The summed E-state index contributed by atoms with van der Waals surface area (Å²) in [4.78, 5) is 27.3. The van der Waals surface area contributed by atoms with Crippen molar-refractivity contribution in [1.82, 2.24) is 5.32 Å². The van der Waals surface area contributed by atoms with Crippen LogP contribution in [0, 0.1) is 0 Å². The molecule has 0 radical (unpaired) electrons. The van der Waals surface area contributed by atoms with Crippen LogP contribution in [-0.2, 0) is 9.59 Å². The number of amides is 2. The molecule has 0 aromatic heterocycles. The number of hydrogen-bond donors (Lipinski definition) is 2. The van der Waals surface area contributed by atoms with E-state index < -0.39 is 0 Å². The van der Waals surface area contributed by atoms with E-state index in [1.165, 1.54) is 0 Å². The first-order valence-corrected chi connectivity index (χ1v) is 8.09. The van der Waals surface area contributed by atoms with Crippen LogP contribution in [0.15, 0.2) is 30.3 Å². The number of likely N-dealkylation sites (N-methyl/N-ethyl adjacent to an activating group) is 1. The fourth-order valence-electron chi connectivity index (χ4n) is 2.46. The molecule has 0 bridgehead atoms. The van der Waals surface area contributed by atoms with Gasteiger partial charge in [0.1, 0.15) is 0 Å². The number of benzene rings is 1. The van der Waals surface area contributed by atoms with E-state index in [2.05, 4.69) is 5.32 Å². The van der Waals surface area contributed by atoms with Crippen LogP contribution in [0.3, 0.4) is 0 Å². The second-order valence-corrected chi connectivity index (χ2v) is 7.30. The number of rotatable bonds is 6.